The molecule has 1 saturated heterocycles. The van der Waals surface area contributed by atoms with Crippen LogP contribution in [-0.4, -0.2) is 98.2 Å². The average molecular weight is 554 g/mol. The van der Waals surface area contributed by atoms with Crippen molar-refractivity contribution in [2.24, 2.45) is 17.6 Å². The molecule has 0 radical (unpaired) electrons. The molecule has 1 spiro atoms. The largest absolute Gasteiger partial charge is 0.510 e. The van der Waals surface area contributed by atoms with Crippen LogP contribution in [0.3, 0.4) is 0 Å². The fraction of sp³-hybridized carbons (Fsp3) is 0.429. The molecule has 1 heterocycles. The number of aliphatic hydroxyl groups excluding tert-OH is 2. The van der Waals surface area contributed by atoms with Gasteiger partial charge in [-0.25, -0.2) is 0 Å². The quantitative estimate of drug-likeness (QED) is 0.180. The number of hydrogen-bond donors (Lipinski definition) is 5. The highest BCUT2D eigenvalue weighted by molar-refractivity contribution is 6.16. The van der Waals surface area contributed by atoms with Crippen molar-refractivity contribution in [3.63, 3.8) is 0 Å². The summed E-state index contributed by atoms with van der Waals surface area (Å²) in [5.41, 5.74) is 3.11. The first-order valence-corrected chi connectivity index (χ1v) is 12.8. The molecule has 3 aliphatic carbocycles. The molecule has 1 aliphatic heterocycles. The molecule has 5 rings (SSSR count). The molecule has 0 saturated carbocycles. The number of aliphatic hydroxyl groups is 3. The molecule has 4 aliphatic rings. The summed E-state index contributed by atoms with van der Waals surface area (Å²) in [4.78, 5) is 54.3. The minimum atomic E-state index is -2.44. The Morgan fingerprint density at radius 3 is 2.48 bits per heavy atom. The van der Waals surface area contributed by atoms with Crippen LogP contribution in [0.25, 0.3) is 0 Å². The van der Waals surface area contributed by atoms with E-state index in [-0.39, 0.29) is 54.1 Å². The van der Waals surface area contributed by atoms with Crippen LogP contribution in [0, 0.1) is 11.8 Å². The van der Waals surface area contributed by atoms with Crippen LogP contribution in [0.2, 0.25) is 0 Å². The van der Waals surface area contributed by atoms with E-state index in [2.05, 4.69) is 6.58 Å². The molecule has 1 unspecified atom stereocenters. The van der Waals surface area contributed by atoms with Gasteiger partial charge in [0, 0.05) is 30.5 Å². The van der Waals surface area contributed by atoms with Crippen LogP contribution in [-0.2, 0) is 20.7 Å². The number of ketones is 2. The second-order valence-corrected chi connectivity index (χ2v) is 10.9. The minimum Gasteiger partial charge on any atom is -0.510 e. The van der Waals surface area contributed by atoms with E-state index in [9.17, 15) is 39.6 Å². The summed E-state index contributed by atoms with van der Waals surface area (Å²) in [5, 5.41) is 44.6. The molecule has 6 N–H and O–H groups in total. The maximum absolute atomic E-state index is 13.9. The molecule has 212 valence electrons. The third kappa shape index (κ3) is 3.49. The normalized spacial score (nSPS) is 30.2. The average Bonchev–Trinajstić information content (AvgIpc) is 3.48. The Balaban J connectivity index is 1.63. The van der Waals surface area contributed by atoms with Crippen LogP contribution in [0.15, 0.2) is 47.5 Å². The number of carbonyl (C=O) groups excluding carboxylic acids is 4. The molecular formula is C28H31N3O9. The van der Waals surface area contributed by atoms with E-state index in [1.807, 2.05) is 0 Å². The molecule has 12 heteroatoms. The van der Waals surface area contributed by atoms with Gasteiger partial charge in [0.05, 0.1) is 18.2 Å². The number of carbonyl (C=O) groups is 4. The summed E-state index contributed by atoms with van der Waals surface area (Å²) in [6.45, 7) is 4.80. The Kier molecular flexibility index (Phi) is 6.21. The Hall–Kier alpha value is -4.00. The van der Waals surface area contributed by atoms with Crippen molar-refractivity contribution in [2.45, 2.75) is 37.2 Å². The van der Waals surface area contributed by atoms with Gasteiger partial charge in [0.15, 0.2) is 17.2 Å². The zero-order chi connectivity index (χ0) is 29.5. The van der Waals surface area contributed by atoms with Gasteiger partial charge in [0.2, 0.25) is 11.7 Å². The van der Waals surface area contributed by atoms with Crippen molar-refractivity contribution in [3.8, 4) is 5.75 Å². The number of benzene rings is 1. The van der Waals surface area contributed by atoms with Gasteiger partial charge in [-0.3, -0.25) is 24.1 Å². The summed E-state index contributed by atoms with van der Waals surface area (Å²) in [6, 6.07) is 1.70. The standard InChI is InChI=1S/C28H31N3O9/c1-5-8-31(12(2)32)11-18(34)14-6-7-17(33)20-15(14)9-13-10-16-22(30(3)4)24(36)21(26(29)38)28(39)27(16,40-28)25(37)19(13)23(20)35/h5-7,13,16,22,33,36-37,39H,1,8-11H2,2-4H3,(H2,29,38)/t13-,16-,22-,27-,28?/m0/s1. The smallest absolute Gasteiger partial charge is 0.253 e. The van der Waals surface area contributed by atoms with Gasteiger partial charge < -0.3 is 35.8 Å². The molecule has 40 heavy (non-hydrogen) atoms. The van der Waals surface area contributed by atoms with Gasteiger partial charge in [0.1, 0.15) is 22.8 Å². The van der Waals surface area contributed by atoms with Gasteiger partial charge in [-0.05, 0) is 50.6 Å². The molecule has 1 aromatic carbocycles. The summed E-state index contributed by atoms with van der Waals surface area (Å²) < 4.78 is 5.65. The maximum atomic E-state index is 13.9. The van der Waals surface area contributed by atoms with E-state index in [0.29, 0.717) is 0 Å². The number of Topliss-reactive ketones (excluding diaryl/α,β-unsaturated/α-hetero) is 2. The van der Waals surface area contributed by atoms with E-state index in [0.717, 1.165) is 0 Å². The lowest BCUT2D eigenvalue weighted by Crippen LogP contribution is -2.57. The third-order valence-corrected chi connectivity index (χ3v) is 8.55. The molecule has 1 aromatic rings. The zero-order valence-corrected chi connectivity index (χ0v) is 22.3. The highest BCUT2D eigenvalue weighted by Gasteiger charge is 2.84. The Bertz CT molecular complexity index is 1460. The molecule has 1 fully saturated rings. The number of aromatic hydroxyl groups is 1. The highest BCUT2D eigenvalue weighted by atomic mass is 16.8. The Morgan fingerprint density at radius 2 is 1.90 bits per heavy atom. The third-order valence-electron chi connectivity index (χ3n) is 8.55. The number of likely N-dealkylation sites (N-methyl/N-ethyl adjacent to an activating group) is 1. The van der Waals surface area contributed by atoms with E-state index < -0.39 is 69.6 Å². The van der Waals surface area contributed by atoms with Crippen molar-refractivity contribution in [1.82, 2.24) is 9.80 Å². The maximum Gasteiger partial charge on any atom is 0.253 e. The van der Waals surface area contributed by atoms with Crippen molar-refractivity contribution >= 4 is 23.4 Å². The number of fused-ring (bicyclic) bond motifs is 2. The molecule has 12 nitrogen and oxygen atoms in total. The number of ether oxygens (including phenoxy) is 1. The molecule has 2 amide bonds. The number of epoxide rings is 1. The number of primary amides is 1. The van der Waals surface area contributed by atoms with Gasteiger partial charge >= 0.3 is 0 Å². The fourth-order valence-electron chi connectivity index (χ4n) is 6.84. The van der Waals surface area contributed by atoms with E-state index in [1.165, 1.54) is 30.0 Å². The van der Waals surface area contributed by atoms with Crippen molar-refractivity contribution in [2.75, 3.05) is 27.2 Å². The SMILES string of the molecule is C=CCN(CC(=O)c1ccc(O)c2c1C[C@H]1C[C@H]3[C@H](N(C)C)C(O)=C(C(N)=O)C4(O)O[C@]34C(O)=C1C2=O)C(C)=O. The Morgan fingerprint density at radius 1 is 1.23 bits per heavy atom. The van der Waals surface area contributed by atoms with Crippen LogP contribution in [0.1, 0.15) is 39.6 Å². The number of amides is 2. The van der Waals surface area contributed by atoms with Gasteiger partial charge in [0.25, 0.3) is 5.91 Å². The fourth-order valence-corrected chi connectivity index (χ4v) is 6.84. The van der Waals surface area contributed by atoms with Crippen molar-refractivity contribution in [1.29, 1.82) is 0 Å². The molecule has 0 bridgehead atoms. The summed E-state index contributed by atoms with van der Waals surface area (Å²) >= 11 is 0. The summed E-state index contributed by atoms with van der Waals surface area (Å²) in [5.74, 6) is -8.10. The predicted octanol–water partition coefficient (Wildman–Crippen LogP) is 0.495. The van der Waals surface area contributed by atoms with Crippen LogP contribution in [0.5, 0.6) is 5.75 Å². The van der Waals surface area contributed by atoms with E-state index in [4.69, 9.17) is 10.5 Å². The Labute approximate surface area is 229 Å². The number of rotatable bonds is 7. The topological polar surface area (TPSA) is 194 Å². The van der Waals surface area contributed by atoms with Crippen LogP contribution >= 0.6 is 0 Å². The highest BCUT2D eigenvalue weighted by Crippen LogP contribution is 2.68. The number of hydrogen-bond acceptors (Lipinski definition) is 10. The van der Waals surface area contributed by atoms with Gasteiger partial charge in [-0.2, -0.15) is 0 Å². The second-order valence-electron chi connectivity index (χ2n) is 10.9. The number of nitrogens with zero attached hydrogens (tertiary/aromatic N) is 2. The van der Waals surface area contributed by atoms with E-state index in [1.54, 1.807) is 19.0 Å². The molecule has 5 atom stereocenters. The number of nitrogens with two attached hydrogens (primary N) is 1. The number of phenolic OH excluding ortho intramolecular Hbond substituents is 1. The lowest BCUT2D eigenvalue weighted by atomic mass is 9.60. The zero-order valence-electron chi connectivity index (χ0n) is 22.3. The van der Waals surface area contributed by atoms with Crippen molar-refractivity contribution < 1.29 is 44.3 Å². The first-order chi connectivity index (χ1) is 18.7. The van der Waals surface area contributed by atoms with Crippen LogP contribution in [0.4, 0.5) is 0 Å². The minimum absolute atomic E-state index is 0.0653. The van der Waals surface area contributed by atoms with Gasteiger partial charge in [-0.1, -0.05) is 6.08 Å². The van der Waals surface area contributed by atoms with Crippen molar-refractivity contribution in [3.05, 3.63) is 64.1 Å². The molecular weight excluding hydrogens is 522 g/mol. The van der Waals surface area contributed by atoms with E-state index >= 15 is 0 Å². The van der Waals surface area contributed by atoms with Crippen LogP contribution < -0.4 is 5.73 Å². The first-order valence-electron chi connectivity index (χ1n) is 12.8. The van der Waals surface area contributed by atoms with Gasteiger partial charge in [-0.15, -0.1) is 6.58 Å². The number of phenols is 1. The monoisotopic (exact) mass is 553 g/mol. The second kappa shape index (κ2) is 9.01. The lowest BCUT2D eigenvalue weighted by Gasteiger charge is -2.45. The molecule has 0 aromatic heterocycles. The first kappa shape index (κ1) is 27.6. The predicted molar refractivity (Wildman–Crippen MR) is 139 cm³/mol. The lowest BCUT2D eigenvalue weighted by molar-refractivity contribution is -0.127. The number of allylic oxidation sites excluding steroid dienone is 1. The summed E-state index contributed by atoms with van der Waals surface area (Å²) in [6.07, 6.45) is 1.67. The summed E-state index contributed by atoms with van der Waals surface area (Å²) in [7, 11) is 3.27.